The summed E-state index contributed by atoms with van der Waals surface area (Å²) in [7, 11) is 1.54. The Hall–Kier alpha value is -4.99. The van der Waals surface area contributed by atoms with Gasteiger partial charge < -0.3 is 23.8 Å². The molecule has 3 atom stereocenters. The summed E-state index contributed by atoms with van der Waals surface area (Å²) >= 11 is 0. The minimum Gasteiger partial charge on any atom is -0.468 e. The van der Waals surface area contributed by atoms with Crippen LogP contribution in [-0.2, 0) is 9.47 Å². The van der Waals surface area contributed by atoms with Gasteiger partial charge in [0.05, 0.1) is 23.0 Å². The number of carbonyl (C=O) groups excluding carboxylic acids is 1. The fraction of sp³-hybridized carbons (Fsp3) is 0.463. The summed E-state index contributed by atoms with van der Waals surface area (Å²) in [5.41, 5.74) is 1.47. The molecule has 12 heteroatoms. The van der Waals surface area contributed by atoms with Crippen LogP contribution in [0.2, 0.25) is 0 Å². The molecule has 0 spiro atoms. The molecule has 4 aromatic rings. The zero-order valence-electron chi connectivity index (χ0n) is 30.8. The number of rotatable bonds is 8. The molecule has 0 N–H and O–H groups in total. The van der Waals surface area contributed by atoms with Crippen LogP contribution in [0.15, 0.2) is 48.7 Å². The normalized spacial score (nSPS) is 22.8. The van der Waals surface area contributed by atoms with Gasteiger partial charge in [-0.25, -0.2) is 9.18 Å². The van der Waals surface area contributed by atoms with Crippen LogP contribution in [0.1, 0.15) is 58.4 Å². The molecule has 2 bridgehead atoms. The topological polar surface area (TPSA) is 102 Å². The molecule has 4 fully saturated rings. The van der Waals surface area contributed by atoms with E-state index >= 15 is 4.39 Å². The largest absolute Gasteiger partial charge is 0.468 e. The van der Waals surface area contributed by atoms with E-state index in [-0.39, 0.29) is 47.7 Å². The highest BCUT2D eigenvalue weighted by Crippen LogP contribution is 2.43. The number of hydrogen-bond acceptors (Lipinski definition) is 10. The molecule has 3 unspecified atom stereocenters. The van der Waals surface area contributed by atoms with Gasteiger partial charge in [-0.05, 0) is 83.0 Å². The van der Waals surface area contributed by atoms with Gasteiger partial charge in [0.1, 0.15) is 35.0 Å². The van der Waals surface area contributed by atoms with E-state index < -0.39 is 11.4 Å². The summed E-state index contributed by atoms with van der Waals surface area (Å²) in [5, 5.41) is 1.89. The lowest BCUT2D eigenvalue weighted by Crippen LogP contribution is -2.57. The number of ether oxygens (including phenoxy) is 4. The van der Waals surface area contributed by atoms with Gasteiger partial charge in [0.2, 0.25) is 0 Å². The predicted octanol–water partition coefficient (Wildman–Crippen LogP) is 6.71. The number of pyridine rings is 1. The van der Waals surface area contributed by atoms with Gasteiger partial charge in [-0.15, -0.1) is 6.42 Å². The van der Waals surface area contributed by atoms with Gasteiger partial charge in [-0.1, -0.05) is 30.2 Å². The predicted molar refractivity (Wildman–Crippen MR) is 201 cm³/mol. The Morgan fingerprint density at radius 3 is 2.66 bits per heavy atom. The third-order valence-corrected chi connectivity index (χ3v) is 11.1. The van der Waals surface area contributed by atoms with Crippen LogP contribution in [0.25, 0.3) is 32.9 Å². The fourth-order valence-corrected chi connectivity index (χ4v) is 8.73. The summed E-state index contributed by atoms with van der Waals surface area (Å²) < 4.78 is 40.5. The standard InChI is InChI=1S/C41H45FN6O5/c1-7-26-10-8-11-27-18-30(52-24-50-6)19-31(33(26)27)35-34(42)36-32(20-43-35)37(45-38(44-36)51-23-41-15-9-16-47(41)17-14-25(41)2)46-21-28-12-13-29(22-46)48(28)39(49)53-40(3,4)5/h1,8,10-11,18-20,28-29H,2,9,12-17,21-24H2,3-6H3. The summed E-state index contributed by atoms with van der Waals surface area (Å²) in [6.45, 7) is 13.3. The minimum atomic E-state index is -0.630. The number of anilines is 1. The molecule has 4 aliphatic heterocycles. The van der Waals surface area contributed by atoms with E-state index in [4.69, 9.17) is 40.3 Å². The quantitative estimate of drug-likeness (QED) is 0.111. The van der Waals surface area contributed by atoms with E-state index in [0.717, 1.165) is 56.2 Å². The molecular formula is C41H45FN6O5. The molecule has 2 aromatic carbocycles. The van der Waals surface area contributed by atoms with E-state index in [1.165, 1.54) is 7.11 Å². The maximum atomic E-state index is 17.3. The number of carbonyl (C=O) groups is 1. The lowest BCUT2D eigenvalue weighted by molar-refractivity contribution is 0.0122. The number of amides is 1. The van der Waals surface area contributed by atoms with Gasteiger partial charge >= 0.3 is 12.1 Å². The number of piperazine rings is 1. The monoisotopic (exact) mass is 720 g/mol. The molecule has 53 heavy (non-hydrogen) atoms. The number of hydrogen-bond donors (Lipinski definition) is 0. The molecule has 0 radical (unpaired) electrons. The van der Waals surface area contributed by atoms with Gasteiger partial charge in [0.25, 0.3) is 0 Å². The van der Waals surface area contributed by atoms with Crippen molar-refractivity contribution in [2.75, 3.05) is 51.6 Å². The van der Waals surface area contributed by atoms with Crippen LogP contribution in [0.3, 0.4) is 0 Å². The van der Waals surface area contributed by atoms with E-state index in [9.17, 15) is 4.79 Å². The number of aromatic nitrogens is 3. The van der Waals surface area contributed by atoms with Gasteiger partial charge in [0, 0.05) is 49.5 Å². The molecule has 2 aromatic heterocycles. The molecule has 11 nitrogen and oxygen atoms in total. The number of benzene rings is 2. The Balaban J connectivity index is 1.24. The van der Waals surface area contributed by atoms with Crippen molar-refractivity contribution >= 4 is 33.6 Å². The highest BCUT2D eigenvalue weighted by molar-refractivity contribution is 6.03. The van der Waals surface area contributed by atoms with Crippen LogP contribution in [0, 0.1) is 18.2 Å². The zero-order chi connectivity index (χ0) is 37.1. The van der Waals surface area contributed by atoms with Crippen molar-refractivity contribution in [2.45, 2.75) is 76.1 Å². The molecule has 4 aliphatic rings. The number of terminal acetylenes is 1. The first-order chi connectivity index (χ1) is 25.5. The number of halogens is 1. The summed E-state index contributed by atoms with van der Waals surface area (Å²) in [4.78, 5) is 34.1. The van der Waals surface area contributed by atoms with Crippen molar-refractivity contribution < 1.29 is 28.1 Å². The first kappa shape index (κ1) is 35.1. The van der Waals surface area contributed by atoms with Crippen LogP contribution in [-0.4, -0.2) is 101 Å². The van der Waals surface area contributed by atoms with Gasteiger partial charge in [-0.3, -0.25) is 14.8 Å². The van der Waals surface area contributed by atoms with Crippen molar-refractivity contribution in [1.29, 1.82) is 0 Å². The minimum absolute atomic E-state index is 0.0131. The third kappa shape index (κ3) is 6.19. The number of methoxy groups -OCH3 is 1. The average molecular weight is 721 g/mol. The molecule has 8 rings (SSSR count). The van der Waals surface area contributed by atoms with Crippen molar-refractivity contribution in [1.82, 2.24) is 24.8 Å². The Morgan fingerprint density at radius 1 is 1.13 bits per heavy atom. The highest BCUT2D eigenvalue weighted by Gasteiger charge is 2.48. The SMILES string of the molecule is C#Cc1cccc2cc(OCOC)cc(-c3ncc4c(N5CC6CCC(C5)N6C(=O)OC(C)(C)C)nc(OCC56CCCN5CCC6=C)nc4c3F)c12. The lowest BCUT2D eigenvalue weighted by Gasteiger charge is -2.42. The molecular weight excluding hydrogens is 675 g/mol. The first-order valence-corrected chi connectivity index (χ1v) is 18.3. The van der Waals surface area contributed by atoms with Gasteiger partial charge in [0.15, 0.2) is 12.6 Å². The maximum absolute atomic E-state index is 17.3. The van der Waals surface area contributed by atoms with E-state index in [2.05, 4.69) is 22.3 Å². The zero-order valence-corrected chi connectivity index (χ0v) is 30.8. The van der Waals surface area contributed by atoms with Crippen LogP contribution in [0.4, 0.5) is 15.0 Å². The average Bonchev–Trinajstić information content (AvgIpc) is 3.78. The Labute approximate surface area is 309 Å². The smallest absolute Gasteiger partial charge is 0.410 e. The molecule has 0 aliphatic carbocycles. The third-order valence-electron chi connectivity index (χ3n) is 11.1. The highest BCUT2D eigenvalue weighted by atomic mass is 19.1. The molecule has 4 saturated heterocycles. The summed E-state index contributed by atoms with van der Waals surface area (Å²) in [6, 6.07) is 9.05. The Morgan fingerprint density at radius 2 is 1.92 bits per heavy atom. The molecule has 1 amide bonds. The molecule has 276 valence electrons. The molecule has 6 heterocycles. The summed E-state index contributed by atoms with van der Waals surface area (Å²) in [6.07, 6.45) is 11.8. The van der Waals surface area contributed by atoms with Crippen LogP contribution >= 0.6 is 0 Å². The summed E-state index contributed by atoms with van der Waals surface area (Å²) in [5.74, 6) is 3.11. The first-order valence-electron chi connectivity index (χ1n) is 18.3. The number of fused-ring (bicyclic) bond motifs is 5. The second-order valence-electron chi connectivity index (χ2n) is 15.5. The van der Waals surface area contributed by atoms with Gasteiger partial charge in [-0.2, -0.15) is 9.97 Å². The number of nitrogens with zero attached hydrogens (tertiary/aromatic N) is 6. The lowest BCUT2D eigenvalue weighted by atomic mass is 9.91. The fourth-order valence-electron chi connectivity index (χ4n) is 8.73. The van der Waals surface area contributed by atoms with Crippen molar-refractivity contribution in [3.63, 3.8) is 0 Å². The van der Waals surface area contributed by atoms with E-state index in [1.54, 1.807) is 12.3 Å². The van der Waals surface area contributed by atoms with Crippen molar-refractivity contribution in [3.8, 4) is 35.4 Å². The van der Waals surface area contributed by atoms with Crippen molar-refractivity contribution in [2.24, 2.45) is 0 Å². The van der Waals surface area contributed by atoms with E-state index in [1.807, 2.05) is 49.9 Å². The van der Waals surface area contributed by atoms with E-state index in [0.29, 0.717) is 53.2 Å². The Kier molecular flexibility index (Phi) is 8.90. The van der Waals surface area contributed by atoms with Crippen molar-refractivity contribution in [3.05, 3.63) is 60.1 Å². The Bertz CT molecular complexity index is 2150. The van der Waals surface area contributed by atoms with Crippen LogP contribution in [0.5, 0.6) is 11.8 Å². The second-order valence-corrected chi connectivity index (χ2v) is 15.5. The maximum Gasteiger partial charge on any atom is 0.410 e. The second kappa shape index (κ2) is 13.5. The molecule has 0 saturated carbocycles. The van der Waals surface area contributed by atoms with Crippen LogP contribution < -0.4 is 14.4 Å².